The molecule has 1 unspecified atom stereocenters. The molecule has 0 saturated carbocycles. The van der Waals surface area contributed by atoms with Crippen LogP contribution in [-0.2, 0) is 0 Å². The first-order chi connectivity index (χ1) is 13.5. The van der Waals surface area contributed by atoms with E-state index in [0.29, 0.717) is 24.6 Å². The second kappa shape index (κ2) is 13.0. The van der Waals surface area contributed by atoms with Gasteiger partial charge in [0.1, 0.15) is 5.75 Å². The fourth-order valence-electron chi connectivity index (χ4n) is 2.68. The van der Waals surface area contributed by atoms with Crippen molar-refractivity contribution in [2.45, 2.75) is 19.8 Å². The number of amides is 1. The smallest absolute Gasteiger partial charge is 0.251 e. The van der Waals surface area contributed by atoms with Crippen LogP contribution in [0.5, 0.6) is 5.75 Å². The molecule has 0 aliphatic carbocycles. The molecule has 0 bridgehead atoms. The van der Waals surface area contributed by atoms with Crippen molar-refractivity contribution in [3.8, 4) is 5.75 Å². The molecule has 7 heteroatoms. The third kappa shape index (κ3) is 8.31. The topological polar surface area (TPSA) is 74.8 Å². The number of halogens is 1. The highest BCUT2D eigenvalue weighted by atomic mass is 127. The number of carbonyl (C=O) groups is 1. The maximum atomic E-state index is 12.1. The van der Waals surface area contributed by atoms with Crippen molar-refractivity contribution >= 4 is 35.8 Å². The zero-order valence-electron chi connectivity index (χ0n) is 17.5. The molecule has 0 aliphatic rings. The lowest BCUT2D eigenvalue weighted by atomic mass is 10.0. The van der Waals surface area contributed by atoms with Crippen molar-refractivity contribution in [1.82, 2.24) is 16.0 Å². The van der Waals surface area contributed by atoms with Crippen LogP contribution in [0.1, 0.15) is 34.3 Å². The van der Waals surface area contributed by atoms with Gasteiger partial charge in [0.25, 0.3) is 5.91 Å². The second-order valence-electron chi connectivity index (χ2n) is 6.68. The largest absolute Gasteiger partial charge is 0.497 e. The van der Waals surface area contributed by atoms with E-state index >= 15 is 0 Å². The summed E-state index contributed by atoms with van der Waals surface area (Å²) in [7, 11) is 3.34. The zero-order chi connectivity index (χ0) is 20.4. The van der Waals surface area contributed by atoms with Crippen LogP contribution in [0.3, 0.4) is 0 Å². The number of hydrogen-bond acceptors (Lipinski definition) is 3. The number of aliphatic imine (C=N–C) groups is 1. The van der Waals surface area contributed by atoms with Crippen LogP contribution < -0.4 is 20.7 Å². The van der Waals surface area contributed by atoms with Gasteiger partial charge in [0, 0.05) is 32.2 Å². The highest BCUT2D eigenvalue weighted by Crippen LogP contribution is 2.14. The van der Waals surface area contributed by atoms with Crippen molar-refractivity contribution in [3.05, 3.63) is 65.2 Å². The van der Waals surface area contributed by atoms with E-state index in [2.05, 4.69) is 59.1 Å². The standard InChI is InChI=1S/C22H30N4O2.HI/c1-16-5-7-18(8-6-16)17(2)15-26-22(23-3)25-14-13-24-21(27)19-9-11-20(28-4)12-10-19;/h5-12,17H,13-15H2,1-4H3,(H,24,27)(H2,23,25,26);1H. The van der Waals surface area contributed by atoms with Gasteiger partial charge in [-0.3, -0.25) is 9.79 Å². The van der Waals surface area contributed by atoms with Gasteiger partial charge in [-0.1, -0.05) is 36.8 Å². The highest BCUT2D eigenvalue weighted by Gasteiger charge is 2.07. The van der Waals surface area contributed by atoms with Gasteiger partial charge in [0.15, 0.2) is 5.96 Å². The first kappa shape index (κ1) is 24.7. The predicted octanol–water partition coefficient (Wildman–Crippen LogP) is 3.32. The molecule has 2 aromatic carbocycles. The number of nitrogens with zero attached hydrogens (tertiary/aromatic N) is 1. The molecule has 1 atom stereocenters. The molecule has 29 heavy (non-hydrogen) atoms. The Morgan fingerprint density at radius 1 is 1.00 bits per heavy atom. The Balaban J connectivity index is 0.00000420. The summed E-state index contributed by atoms with van der Waals surface area (Å²) in [6.07, 6.45) is 0. The van der Waals surface area contributed by atoms with Gasteiger partial charge in [-0.05, 0) is 42.7 Å². The van der Waals surface area contributed by atoms with Gasteiger partial charge in [0.05, 0.1) is 7.11 Å². The summed E-state index contributed by atoms with van der Waals surface area (Å²) in [5.74, 6) is 1.71. The summed E-state index contributed by atoms with van der Waals surface area (Å²) in [6, 6.07) is 15.6. The minimum absolute atomic E-state index is 0. The van der Waals surface area contributed by atoms with E-state index in [1.54, 1.807) is 38.4 Å². The quantitative estimate of drug-likeness (QED) is 0.221. The molecule has 158 valence electrons. The number of nitrogens with one attached hydrogen (secondary N) is 3. The van der Waals surface area contributed by atoms with Crippen LogP contribution in [0.15, 0.2) is 53.5 Å². The Hall–Kier alpha value is -2.29. The van der Waals surface area contributed by atoms with Crippen LogP contribution >= 0.6 is 24.0 Å². The lowest BCUT2D eigenvalue weighted by Crippen LogP contribution is -2.42. The average Bonchev–Trinajstić information content (AvgIpc) is 2.73. The Labute approximate surface area is 190 Å². The number of carbonyl (C=O) groups excluding carboxylic acids is 1. The van der Waals surface area contributed by atoms with E-state index < -0.39 is 0 Å². The van der Waals surface area contributed by atoms with Crippen molar-refractivity contribution in [1.29, 1.82) is 0 Å². The molecule has 0 fully saturated rings. The van der Waals surface area contributed by atoms with E-state index in [1.165, 1.54) is 11.1 Å². The molecule has 0 aromatic heterocycles. The molecule has 0 radical (unpaired) electrons. The van der Waals surface area contributed by atoms with Crippen LogP contribution in [0.4, 0.5) is 0 Å². The maximum Gasteiger partial charge on any atom is 0.251 e. The molecule has 0 aliphatic heterocycles. The van der Waals surface area contributed by atoms with E-state index in [1.807, 2.05) is 0 Å². The Bertz CT molecular complexity index is 776. The van der Waals surface area contributed by atoms with Crippen LogP contribution in [0.2, 0.25) is 0 Å². The molecular weight excluding hydrogens is 479 g/mol. The highest BCUT2D eigenvalue weighted by molar-refractivity contribution is 14.0. The first-order valence-electron chi connectivity index (χ1n) is 9.46. The summed E-state index contributed by atoms with van der Waals surface area (Å²) in [5.41, 5.74) is 3.16. The Morgan fingerprint density at radius 3 is 2.21 bits per heavy atom. The fourth-order valence-corrected chi connectivity index (χ4v) is 2.68. The van der Waals surface area contributed by atoms with Gasteiger partial charge >= 0.3 is 0 Å². The molecule has 0 spiro atoms. The van der Waals surface area contributed by atoms with Crippen molar-refractivity contribution in [2.75, 3.05) is 33.8 Å². The summed E-state index contributed by atoms with van der Waals surface area (Å²) < 4.78 is 5.10. The summed E-state index contributed by atoms with van der Waals surface area (Å²) in [4.78, 5) is 16.4. The third-order valence-electron chi connectivity index (χ3n) is 4.50. The molecule has 2 aromatic rings. The lowest BCUT2D eigenvalue weighted by molar-refractivity contribution is 0.0954. The van der Waals surface area contributed by atoms with Gasteiger partial charge in [-0.15, -0.1) is 24.0 Å². The number of hydrogen-bond donors (Lipinski definition) is 3. The Kier molecular flexibility index (Phi) is 11.1. The minimum Gasteiger partial charge on any atom is -0.497 e. The lowest BCUT2D eigenvalue weighted by Gasteiger charge is -2.16. The normalized spacial score (nSPS) is 11.8. The minimum atomic E-state index is -0.111. The number of ether oxygens (including phenoxy) is 1. The van der Waals surface area contributed by atoms with Gasteiger partial charge in [0.2, 0.25) is 0 Å². The van der Waals surface area contributed by atoms with E-state index in [9.17, 15) is 4.79 Å². The van der Waals surface area contributed by atoms with E-state index in [0.717, 1.165) is 18.3 Å². The summed E-state index contributed by atoms with van der Waals surface area (Å²) in [5, 5.41) is 9.43. The van der Waals surface area contributed by atoms with Gasteiger partial charge in [-0.2, -0.15) is 0 Å². The summed E-state index contributed by atoms with van der Waals surface area (Å²) >= 11 is 0. The average molecular weight is 510 g/mol. The first-order valence-corrected chi connectivity index (χ1v) is 9.46. The molecule has 6 nitrogen and oxygen atoms in total. The molecule has 0 saturated heterocycles. The van der Waals surface area contributed by atoms with Crippen molar-refractivity contribution in [2.24, 2.45) is 4.99 Å². The van der Waals surface area contributed by atoms with Crippen LogP contribution in [0, 0.1) is 6.92 Å². The maximum absolute atomic E-state index is 12.1. The third-order valence-corrected chi connectivity index (χ3v) is 4.50. The number of benzene rings is 2. The number of rotatable bonds is 8. The van der Waals surface area contributed by atoms with Crippen LogP contribution in [-0.4, -0.2) is 45.7 Å². The molecule has 0 heterocycles. The van der Waals surface area contributed by atoms with Gasteiger partial charge in [-0.25, -0.2) is 0 Å². The van der Waals surface area contributed by atoms with Crippen LogP contribution in [0.25, 0.3) is 0 Å². The van der Waals surface area contributed by atoms with E-state index in [4.69, 9.17) is 4.74 Å². The fraction of sp³-hybridized carbons (Fsp3) is 0.364. The zero-order valence-corrected chi connectivity index (χ0v) is 19.8. The van der Waals surface area contributed by atoms with E-state index in [-0.39, 0.29) is 29.9 Å². The SMILES string of the molecule is CN=C(NCCNC(=O)c1ccc(OC)cc1)NCC(C)c1ccc(C)cc1.I. The number of methoxy groups -OCH3 is 1. The predicted molar refractivity (Wildman–Crippen MR) is 130 cm³/mol. The van der Waals surface area contributed by atoms with Crippen molar-refractivity contribution < 1.29 is 9.53 Å². The molecular formula is C22H31IN4O2. The number of aryl methyl sites for hydroxylation is 1. The summed E-state index contributed by atoms with van der Waals surface area (Å²) in [6.45, 7) is 6.13. The monoisotopic (exact) mass is 510 g/mol. The molecule has 1 amide bonds. The molecule has 2 rings (SSSR count). The second-order valence-corrected chi connectivity index (χ2v) is 6.68. The number of guanidine groups is 1. The van der Waals surface area contributed by atoms with Gasteiger partial charge < -0.3 is 20.7 Å². The van der Waals surface area contributed by atoms with Crippen molar-refractivity contribution in [3.63, 3.8) is 0 Å². The molecule has 3 N–H and O–H groups in total. The Morgan fingerprint density at radius 2 is 1.62 bits per heavy atom.